The minimum absolute atomic E-state index is 0.486. The summed E-state index contributed by atoms with van der Waals surface area (Å²) in [6.07, 6.45) is 0. The van der Waals surface area contributed by atoms with Crippen molar-refractivity contribution in [2.24, 2.45) is 0 Å². The number of carboxylic acids is 1. The molecule has 1 atom stereocenters. The zero-order valence-electron chi connectivity index (χ0n) is 7.93. The predicted molar refractivity (Wildman–Crippen MR) is 57.6 cm³/mol. The van der Waals surface area contributed by atoms with Crippen molar-refractivity contribution in [3.63, 3.8) is 0 Å². The van der Waals surface area contributed by atoms with Gasteiger partial charge in [-0.1, -0.05) is 18.2 Å². The molecule has 0 amide bonds. The van der Waals surface area contributed by atoms with E-state index in [1.165, 1.54) is 11.8 Å². The molecule has 0 aliphatic carbocycles. The van der Waals surface area contributed by atoms with Crippen LogP contribution in [0, 0.1) is 0 Å². The summed E-state index contributed by atoms with van der Waals surface area (Å²) >= 11 is 1.54. The molecular formula is C10H13NO2S. The van der Waals surface area contributed by atoms with E-state index < -0.39 is 12.0 Å². The summed E-state index contributed by atoms with van der Waals surface area (Å²) in [6.45, 7) is 0. The number of carboxylic acid groups (broad SMARTS) is 1. The Bertz CT molecular complexity index is 289. The minimum Gasteiger partial charge on any atom is -0.480 e. The van der Waals surface area contributed by atoms with Gasteiger partial charge in [0.25, 0.3) is 0 Å². The molecule has 0 bridgehead atoms. The monoisotopic (exact) mass is 211 g/mol. The lowest BCUT2D eigenvalue weighted by molar-refractivity contribution is -0.138. The quantitative estimate of drug-likeness (QED) is 0.724. The van der Waals surface area contributed by atoms with Crippen LogP contribution < -0.4 is 5.32 Å². The van der Waals surface area contributed by atoms with E-state index in [1.807, 2.05) is 30.3 Å². The first-order chi connectivity index (χ1) is 6.74. The Hall–Kier alpha value is -1.00. The van der Waals surface area contributed by atoms with Gasteiger partial charge >= 0.3 is 5.97 Å². The van der Waals surface area contributed by atoms with Crippen molar-refractivity contribution in [2.45, 2.75) is 10.9 Å². The molecule has 4 heteroatoms. The molecule has 0 fully saturated rings. The summed E-state index contributed by atoms with van der Waals surface area (Å²) in [7, 11) is 1.66. The van der Waals surface area contributed by atoms with Crippen molar-refractivity contribution in [2.75, 3.05) is 12.8 Å². The average molecular weight is 211 g/mol. The molecule has 2 N–H and O–H groups in total. The Morgan fingerprint density at radius 2 is 2.14 bits per heavy atom. The standard InChI is InChI=1S/C10H13NO2S/c1-11-9(10(12)13)7-14-8-5-3-2-4-6-8/h2-6,9,11H,7H2,1H3,(H,12,13). The molecule has 0 aliphatic heterocycles. The zero-order valence-corrected chi connectivity index (χ0v) is 8.75. The van der Waals surface area contributed by atoms with Gasteiger partial charge in [-0.2, -0.15) is 0 Å². The second-order valence-electron chi connectivity index (χ2n) is 2.80. The third-order valence-electron chi connectivity index (χ3n) is 1.81. The molecule has 0 aliphatic rings. The van der Waals surface area contributed by atoms with Crippen molar-refractivity contribution in [1.29, 1.82) is 0 Å². The number of likely N-dealkylation sites (N-methyl/N-ethyl adjacent to an activating group) is 1. The molecule has 3 nitrogen and oxygen atoms in total. The second kappa shape index (κ2) is 5.67. The van der Waals surface area contributed by atoms with Gasteiger partial charge in [-0.3, -0.25) is 4.79 Å². The van der Waals surface area contributed by atoms with Crippen LogP contribution >= 0.6 is 11.8 Å². The van der Waals surface area contributed by atoms with Crippen molar-refractivity contribution >= 4 is 17.7 Å². The highest BCUT2D eigenvalue weighted by atomic mass is 32.2. The van der Waals surface area contributed by atoms with Crippen LogP contribution in [-0.2, 0) is 4.79 Å². The Labute approximate surface area is 87.5 Å². The van der Waals surface area contributed by atoms with Gasteiger partial charge in [0, 0.05) is 10.6 Å². The smallest absolute Gasteiger partial charge is 0.321 e. The first-order valence-electron chi connectivity index (χ1n) is 4.32. The molecule has 1 unspecified atom stereocenters. The second-order valence-corrected chi connectivity index (χ2v) is 3.90. The predicted octanol–water partition coefficient (Wildman–Crippen LogP) is 1.45. The summed E-state index contributed by atoms with van der Waals surface area (Å²) in [5.41, 5.74) is 0. The molecule has 1 aromatic rings. The number of thioether (sulfide) groups is 1. The van der Waals surface area contributed by atoms with Crippen molar-refractivity contribution < 1.29 is 9.90 Å². The van der Waals surface area contributed by atoms with E-state index in [9.17, 15) is 4.79 Å². The highest BCUT2D eigenvalue weighted by Gasteiger charge is 2.14. The molecule has 0 saturated heterocycles. The molecule has 0 radical (unpaired) electrons. The fourth-order valence-electron chi connectivity index (χ4n) is 0.974. The van der Waals surface area contributed by atoms with Gasteiger partial charge in [-0.25, -0.2) is 0 Å². The van der Waals surface area contributed by atoms with E-state index in [0.29, 0.717) is 5.75 Å². The molecule has 14 heavy (non-hydrogen) atoms. The van der Waals surface area contributed by atoms with E-state index in [1.54, 1.807) is 7.05 Å². The van der Waals surface area contributed by atoms with Crippen LogP contribution in [0.2, 0.25) is 0 Å². The van der Waals surface area contributed by atoms with Crippen LogP contribution in [0.1, 0.15) is 0 Å². The van der Waals surface area contributed by atoms with Gasteiger partial charge in [-0.15, -0.1) is 11.8 Å². The third kappa shape index (κ3) is 3.40. The summed E-state index contributed by atoms with van der Waals surface area (Å²) in [5.74, 6) is -0.272. The van der Waals surface area contributed by atoms with Crippen molar-refractivity contribution in [1.82, 2.24) is 5.32 Å². The Morgan fingerprint density at radius 1 is 1.50 bits per heavy atom. The van der Waals surface area contributed by atoms with E-state index >= 15 is 0 Å². The van der Waals surface area contributed by atoms with E-state index in [-0.39, 0.29) is 0 Å². The molecule has 0 aromatic heterocycles. The van der Waals surface area contributed by atoms with Gasteiger partial charge in [0.1, 0.15) is 6.04 Å². The maximum atomic E-state index is 10.7. The summed E-state index contributed by atoms with van der Waals surface area (Å²) in [6, 6.07) is 9.28. The number of hydrogen-bond acceptors (Lipinski definition) is 3. The average Bonchev–Trinajstić information content (AvgIpc) is 2.20. The molecule has 0 heterocycles. The van der Waals surface area contributed by atoms with Crippen LogP contribution in [0.5, 0.6) is 0 Å². The lowest BCUT2D eigenvalue weighted by atomic mass is 10.3. The molecule has 76 valence electrons. The summed E-state index contributed by atoms with van der Waals surface area (Å²) < 4.78 is 0. The maximum Gasteiger partial charge on any atom is 0.321 e. The molecule has 0 spiro atoms. The van der Waals surface area contributed by atoms with Gasteiger partial charge < -0.3 is 10.4 Å². The number of benzene rings is 1. The third-order valence-corrected chi connectivity index (χ3v) is 2.91. The largest absolute Gasteiger partial charge is 0.480 e. The number of nitrogens with one attached hydrogen (secondary N) is 1. The van der Waals surface area contributed by atoms with Crippen LogP contribution in [0.3, 0.4) is 0 Å². The number of aliphatic carboxylic acids is 1. The van der Waals surface area contributed by atoms with E-state index in [4.69, 9.17) is 5.11 Å². The fourth-order valence-corrected chi connectivity index (χ4v) is 1.99. The Morgan fingerprint density at radius 3 is 2.64 bits per heavy atom. The molecular weight excluding hydrogens is 198 g/mol. The molecule has 0 saturated carbocycles. The number of rotatable bonds is 5. The van der Waals surface area contributed by atoms with Crippen molar-refractivity contribution in [3.05, 3.63) is 30.3 Å². The number of hydrogen-bond donors (Lipinski definition) is 2. The van der Waals surface area contributed by atoms with Gasteiger partial charge in [0.2, 0.25) is 0 Å². The number of carbonyl (C=O) groups is 1. The van der Waals surface area contributed by atoms with E-state index in [0.717, 1.165) is 4.90 Å². The highest BCUT2D eigenvalue weighted by molar-refractivity contribution is 7.99. The summed E-state index contributed by atoms with van der Waals surface area (Å²) in [4.78, 5) is 11.8. The van der Waals surface area contributed by atoms with Gasteiger partial charge in [-0.05, 0) is 19.2 Å². The Balaban J connectivity index is 2.44. The summed E-state index contributed by atoms with van der Waals surface area (Å²) in [5, 5.41) is 11.5. The highest BCUT2D eigenvalue weighted by Crippen LogP contribution is 2.17. The zero-order chi connectivity index (χ0) is 10.4. The van der Waals surface area contributed by atoms with Crippen LogP contribution in [0.25, 0.3) is 0 Å². The lowest BCUT2D eigenvalue weighted by Crippen LogP contribution is -2.35. The SMILES string of the molecule is CNC(CSc1ccccc1)C(=O)O. The van der Waals surface area contributed by atoms with Crippen molar-refractivity contribution in [3.8, 4) is 0 Å². The first kappa shape index (κ1) is 11.1. The molecule has 1 aromatic carbocycles. The minimum atomic E-state index is -0.809. The van der Waals surface area contributed by atoms with Gasteiger partial charge in [0.05, 0.1) is 0 Å². The normalized spacial score (nSPS) is 12.4. The maximum absolute atomic E-state index is 10.7. The van der Waals surface area contributed by atoms with Crippen LogP contribution in [0.15, 0.2) is 35.2 Å². The van der Waals surface area contributed by atoms with Crippen LogP contribution in [0.4, 0.5) is 0 Å². The van der Waals surface area contributed by atoms with Gasteiger partial charge in [0.15, 0.2) is 0 Å². The van der Waals surface area contributed by atoms with E-state index in [2.05, 4.69) is 5.32 Å². The first-order valence-corrected chi connectivity index (χ1v) is 5.30. The lowest BCUT2D eigenvalue weighted by Gasteiger charge is -2.09. The van der Waals surface area contributed by atoms with Crippen LogP contribution in [-0.4, -0.2) is 29.9 Å². The fraction of sp³-hybridized carbons (Fsp3) is 0.300. The Kier molecular flexibility index (Phi) is 4.49. The molecule has 1 rings (SSSR count). The topological polar surface area (TPSA) is 49.3 Å².